The van der Waals surface area contributed by atoms with Crippen molar-refractivity contribution < 1.29 is 17.9 Å². The number of ether oxygens (including phenoxy) is 1. The molecule has 0 bridgehead atoms. The Balaban J connectivity index is 2.13. The SMILES string of the molecule is CCOc1ccc(S(=O)(=O)N(C)C)cc1NC(=O)CCC1CCNC1. The zero-order valence-corrected chi connectivity index (χ0v) is 15.9. The molecule has 1 saturated heterocycles. The topological polar surface area (TPSA) is 87.7 Å². The van der Waals surface area contributed by atoms with Crippen molar-refractivity contribution in [3.05, 3.63) is 18.2 Å². The largest absolute Gasteiger partial charge is 0.492 e. The van der Waals surface area contributed by atoms with E-state index in [2.05, 4.69) is 10.6 Å². The Hall–Kier alpha value is -1.64. The van der Waals surface area contributed by atoms with Crippen LogP contribution in [0.25, 0.3) is 0 Å². The monoisotopic (exact) mass is 369 g/mol. The van der Waals surface area contributed by atoms with E-state index in [1.165, 1.54) is 26.2 Å². The quantitative estimate of drug-likeness (QED) is 0.728. The van der Waals surface area contributed by atoms with Crippen molar-refractivity contribution in [3.8, 4) is 5.75 Å². The van der Waals surface area contributed by atoms with E-state index in [4.69, 9.17) is 4.74 Å². The normalized spacial score (nSPS) is 17.7. The first kappa shape index (κ1) is 19.7. The van der Waals surface area contributed by atoms with Gasteiger partial charge in [0.2, 0.25) is 15.9 Å². The predicted molar refractivity (Wildman–Crippen MR) is 97.3 cm³/mol. The molecule has 1 unspecified atom stereocenters. The van der Waals surface area contributed by atoms with Gasteiger partial charge in [0.15, 0.2) is 0 Å². The third-order valence-corrected chi connectivity index (χ3v) is 6.06. The zero-order chi connectivity index (χ0) is 18.4. The zero-order valence-electron chi connectivity index (χ0n) is 15.0. The Bertz CT molecular complexity index is 698. The van der Waals surface area contributed by atoms with Gasteiger partial charge in [0, 0.05) is 20.5 Å². The van der Waals surface area contributed by atoms with E-state index >= 15 is 0 Å². The summed E-state index contributed by atoms with van der Waals surface area (Å²) in [5.74, 6) is 0.862. The molecule has 1 heterocycles. The summed E-state index contributed by atoms with van der Waals surface area (Å²) in [6, 6.07) is 4.52. The second-order valence-electron chi connectivity index (χ2n) is 6.32. The van der Waals surface area contributed by atoms with Gasteiger partial charge in [0.05, 0.1) is 17.2 Å². The van der Waals surface area contributed by atoms with Gasteiger partial charge in [-0.2, -0.15) is 0 Å². The van der Waals surface area contributed by atoms with Crippen molar-refractivity contribution in [2.24, 2.45) is 5.92 Å². The fourth-order valence-electron chi connectivity index (χ4n) is 2.77. The molecule has 1 aliphatic heterocycles. The number of carbonyl (C=O) groups excluding carboxylic acids is 1. The van der Waals surface area contributed by atoms with E-state index in [0.29, 0.717) is 30.4 Å². The number of hydrogen-bond donors (Lipinski definition) is 2. The van der Waals surface area contributed by atoms with Gasteiger partial charge in [-0.3, -0.25) is 4.79 Å². The van der Waals surface area contributed by atoms with Crippen molar-refractivity contribution in [1.29, 1.82) is 0 Å². The first-order valence-corrected chi connectivity index (χ1v) is 9.98. The summed E-state index contributed by atoms with van der Waals surface area (Å²) in [7, 11) is -0.630. The number of nitrogens with zero attached hydrogens (tertiary/aromatic N) is 1. The molecule has 140 valence electrons. The lowest BCUT2D eigenvalue weighted by molar-refractivity contribution is -0.116. The highest BCUT2D eigenvalue weighted by atomic mass is 32.2. The molecule has 8 heteroatoms. The van der Waals surface area contributed by atoms with Gasteiger partial charge in [-0.05, 0) is 57.0 Å². The fraction of sp³-hybridized carbons (Fsp3) is 0.588. The maximum absolute atomic E-state index is 12.3. The Morgan fingerprint density at radius 1 is 1.40 bits per heavy atom. The lowest BCUT2D eigenvalue weighted by Gasteiger charge is -2.16. The molecule has 0 saturated carbocycles. The van der Waals surface area contributed by atoms with Gasteiger partial charge in [-0.25, -0.2) is 12.7 Å². The van der Waals surface area contributed by atoms with Crippen LogP contribution >= 0.6 is 0 Å². The molecule has 0 aromatic heterocycles. The molecule has 1 aliphatic rings. The summed E-state index contributed by atoms with van der Waals surface area (Å²) in [6.07, 6.45) is 2.31. The molecule has 7 nitrogen and oxygen atoms in total. The third kappa shape index (κ3) is 5.17. The van der Waals surface area contributed by atoms with Crippen molar-refractivity contribution in [2.45, 2.75) is 31.1 Å². The molecule has 1 aromatic rings. The van der Waals surface area contributed by atoms with E-state index in [1.54, 1.807) is 6.07 Å². The summed E-state index contributed by atoms with van der Waals surface area (Å²) >= 11 is 0. The van der Waals surface area contributed by atoms with Gasteiger partial charge >= 0.3 is 0 Å². The lowest BCUT2D eigenvalue weighted by atomic mass is 10.0. The maximum Gasteiger partial charge on any atom is 0.242 e. The van der Waals surface area contributed by atoms with Gasteiger partial charge < -0.3 is 15.4 Å². The van der Waals surface area contributed by atoms with Crippen LogP contribution in [-0.4, -0.2) is 52.4 Å². The van der Waals surface area contributed by atoms with Crippen LogP contribution in [0.4, 0.5) is 5.69 Å². The number of amides is 1. The van der Waals surface area contributed by atoms with Gasteiger partial charge in [-0.15, -0.1) is 0 Å². The number of rotatable bonds is 8. The average Bonchev–Trinajstić information content (AvgIpc) is 3.08. The maximum atomic E-state index is 12.3. The van der Waals surface area contributed by atoms with E-state index in [0.717, 1.165) is 30.2 Å². The number of carbonyl (C=O) groups is 1. The molecule has 0 radical (unpaired) electrons. The van der Waals surface area contributed by atoms with Gasteiger partial charge in [-0.1, -0.05) is 0 Å². The molecule has 0 aliphatic carbocycles. The smallest absolute Gasteiger partial charge is 0.242 e. The van der Waals surface area contributed by atoms with E-state index in [1.807, 2.05) is 6.92 Å². The fourth-order valence-corrected chi connectivity index (χ4v) is 3.70. The van der Waals surface area contributed by atoms with E-state index in [-0.39, 0.29) is 10.8 Å². The van der Waals surface area contributed by atoms with Crippen molar-refractivity contribution in [3.63, 3.8) is 0 Å². The van der Waals surface area contributed by atoms with Gasteiger partial charge in [0.25, 0.3) is 0 Å². The molecule has 1 fully saturated rings. The Morgan fingerprint density at radius 2 is 2.16 bits per heavy atom. The number of hydrogen-bond acceptors (Lipinski definition) is 5. The molecule has 25 heavy (non-hydrogen) atoms. The first-order valence-electron chi connectivity index (χ1n) is 8.54. The summed E-state index contributed by atoms with van der Waals surface area (Å²) in [4.78, 5) is 12.4. The van der Waals surface area contributed by atoms with Crippen LogP contribution in [0, 0.1) is 5.92 Å². The summed E-state index contributed by atoms with van der Waals surface area (Å²) in [5.41, 5.74) is 0.388. The van der Waals surface area contributed by atoms with Crippen LogP contribution in [-0.2, 0) is 14.8 Å². The highest BCUT2D eigenvalue weighted by Crippen LogP contribution is 2.29. The van der Waals surface area contributed by atoms with Crippen molar-refractivity contribution in [2.75, 3.05) is 39.1 Å². The minimum absolute atomic E-state index is 0.122. The number of nitrogens with one attached hydrogen (secondary N) is 2. The van der Waals surface area contributed by atoms with E-state index in [9.17, 15) is 13.2 Å². The number of benzene rings is 1. The summed E-state index contributed by atoms with van der Waals surface area (Å²) in [5, 5.41) is 6.09. The summed E-state index contributed by atoms with van der Waals surface area (Å²) in [6.45, 7) is 4.22. The van der Waals surface area contributed by atoms with Crippen LogP contribution in [0.3, 0.4) is 0 Å². The second kappa shape index (κ2) is 8.64. The van der Waals surface area contributed by atoms with Crippen LogP contribution in [0.5, 0.6) is 5.75 Å². The van der Waals surface area contributed by atoms with E-state index < -0.39 is 10.0 Å². The Kier molecular flexibility index (Phi) is 6.80. The van der Waals surface area contributed by atoms with Crippen LogP contribution in [0.15, 0.2) is 23.1 Å². The van der Waals surface area contributed by atoms with Crippen molar-refractivity contribution >= 4 is 21.6 Å². The average molecular weight is 369 g/mol. The highest BCUT2D eigenvalue weighted by molar-refractivity contribution is 7.89. The highest BCUT2D eigenvalue weighted by Gasteiger charge is 2.21. The minimum Gasteiger partial charge on any atom is -0.492 e. The standard InChI is InChI=1S/C17H27N3O4S/c1-4-24-16-7-6-14(25(22,23)20(2)3)11-15(16)19-17(21)8-5-13-9-10-18-12-13/h6-7,11,13,18H,4-5,8-10,12H2,1-3H3,(H,19,21). The summed E-state index contributed by atoms with van der Waals surface area (Å²) < 4.78 is 31.3. The number of sulfonamides is 1. The minimum atomic E-state index is -3.57. The van der Waals surface area contributed by atoms with Crippen LogP contribution < -0.4 is 15.4 Å². The molecular weight excluding hydrogens is 342 g/mol. The van der Waals surface area contributed by atoms with Crippen LogP contribution in [0.1, 0.15) is 26.2 Å². The molecule has 1 amide bonds. The van der Waals surface area contributed by atoms with Crippen molar-refractivity contribution in [1.82, 2.24) is 9.62 Å². The molecule has 1 atom stereocenters. The lowest BCUT2D eigenvalue weighted by Crippen LogP contribution is -2.22. The third-order valence-electron chi connectivity index (χ3n) is 4.25. The predicted octanol–water partition coefficient (Wildman–Crippen LogP) is 1.66. The Labute approximate surface area is 149 Å². The number of anilines is 1. The molecule has 1 aromatic carbocycles. The molecule has 0 spiro atoms. The first-order chi connectivity index (χ1) is 11.8. The molecule has 2 rings (SSSR count). The molecular formula is C17H27N3O4S. The van der Waals surface area contributed by atoms with Gasteiger partial charge in [0.1, 0.15) is 5.75 Å². The Morgan fingerprint density at radius 3 is 2.76 bits per heavy atom. The molecule has 2 N–H and O–H groups in total. The second-order valence-corrected chi connectivity index (χ2v) is 8.48. The van der Waals surface area contributed by atoms with Crippen LogP contribution in [0.2, 0.25) is 0 Å².